The summed E-state index contributed by atoms with van der Waals surface area (Å²) in [6, 6.07) is 9.33. The first-order valence-electron chi connectivity index (χ1n) is 9.05. The van der Waals surface area contributed by atoms with E-state index in [2.05, 4.69) is 0 Å². The molecule has 6 nitrogen and oxygen atoms in total. The molecule has 2 aromatic rings. The van der Waals surface area contributed by atoms with E-state index in [9.17, 15) is 34.5 Å². The average Bonchev–Trinajstić information content (AvgIpc) is 2.72. The number of aliphatic hydroxyl groups is 4. The van der Waals surface area contributed by atoms with E-state index in [-0.39, 0.29) is 23.1 Å². The minimum atomic E-state index is -1.55. The van der Waals surface area contributed by atoms with Gasteiger partial charge < -0.3 is 25.2 Å². The second-order valence-corrected chi connectivity index (χ2v) is 7.12. The maximum Gasteiger partial charge on any atom is 0.162 e. The van der Waals surface area contributed by atoms with E-state index in [1.807, 2.05) is 6.07 Å². The predicted molar refractivity (Wildman–Crippen MR) is 97.8 cm³/mol. The van der Waals surface area contributed by atoms with Crippen LogP contribution in [-0.2, 0) is 11.2 Å². The zero-order valence-corrected chi connectivity index (χ0v) is 15.6. The molecule has 0 saturated carbocycles. The Labute approximate surface area is 166 Å². The molecule has 0 radical (unpaired) electrons. The molecule has 0 spiro atoms. The number of hydrogen-bond donors (Lipinski definition) is 4. The highest BCUT2D eigenvalue weighted by Crippen LogP contribution is 2.33. The normalized spacial score (nSPS) is 26.9. The van der Waals surface area contributed by atoms with E-state index >= 15 is 0 Å². The van der Waals surface area contributed by atoms with Crippen LogP contribution < -0.4 is 0 Å². The second-order valence-electron chi connectivity index (χ2n) is 7.12. The highest BCUT2D eigenvalue weighted by molar-refractivity contribution is 5.44. The average molecular weight is 405 g/mol. The second kappa shape index (κ2) is 8.53. The summed E-state index contributed by atoms with van der Waals surface area (Å²) in [5, 5.41) is 48.9. The Hall–Kier alpha value is -2.41. The summed E-state index contributed by atoms with van der Waals surface area (Å²) in [5.74, 6) is -1.95. The summed E-state index contributed by atoms with van der Waals surface area (Å²) in [4.78, 5) is 0. The molecule has 0 unspecified atom stereocenters. The molecule has 8 heteroatoms. The molecule has 1 aliphatic heterocycles. The van der Waals surface area contributed by atoms with Crippen molar-refractivity contribution in [3.05, 3.63) is 69.8 Å². The highest BCUT2D eigenvalue weighted by Gasteiger charge is 2.44. The lowest BCUT2D eigenvalue weighted by Gasteiger charge is -2.40. The Kier molecular flexibility index (Phi) is 6.27. The minimum absolute atomic E-state index is 0.0653. The Morgan fingerprint density at radius 1 is 1.00 bits per heavy atom. The SMILES string of the molecule is Cc1ccc(Cc2cc([C@@H]3O[C@H](CO)[C@@H](O)[C@H](O)[C@H]3O)ccc2C#N)c(F)c1F. The van der Waals surface area contributed by atoms with Gasteiger partial charge in [-0.05, 0) is 35.2 Å². The highest BCUT2D eigenvalue weighted by atomic mass is 19.2. The molecule has 2 aromatic carbocycles. The predicted octanol–water partition coefficient (Wildman–Crippen LogP) is 1.25. The van der Waals surface area contributed by atoms with Crippen LogP contribution in [0, 0.1) is 29.9 Å². The molecule has 154 valence electrons. The first-order chi connectivity index (χ1) is 13.8. The Bertz CT molecular complexity index is 943. The fraction of sp³-hybridized carbons (Fsp3) is 0.381. The Morgan fingerprint density at radius 3 is 2.38 bits per heavy atom. The third kappa shape index (κ3) is 4.01. The van der Waals surface area contributed by atoms with Gasteiger partial charge in [0.05, 0.1) is 18.2 Å². The van der Waals surface area contributed by atoms with E-state index in [1.165, 1.54) is 37.3 Å². The summed E-state index contributed by atoms with van der Waals surface area (Å²) in [6.45, 7) is 0.876. The number of ether oxygens (including phenoxy) is 1. The fourth-order valence-corrected chi connectivity index (χ4v) is 3.45. The van der Waals surface area contributed by atoms with Crippen molar-refractivity contribution in [2.45, 2.75) is 43.9 Å². The molecule has 1 heterocycles. The number of nitriles is 1. The first-order valence-corrected chi connectivity index (χ1v) is 9.05. The van der Waals surface area contributed by atoms with Gasteiger partial charge in [-0.15, -0.1) is 0 Å². The van der Waals surface area contributed by atoms with Gasteiger partial charge in [0.25, 0.3) is 0 Å². The van der Waals surface area contributed by atoms with Gasteiger partial charge in [-0.25, -0.2) is 8.78 Å². The summed E-state index contributed by atoms with van der Waals surface area (Å²) in [7, 11) is 0. The van der Waals surface area contributed by atoms with Gasteiger partial charge >= 0.3 is 0 Å². The molecular formula is C21H21F2NO5. The number of aryl methyl sites for hydroxylation is 1. The van der Waals surface area contributed by atoms with Gasteiger partial charge in [-0.2, -0.15) is 5.26 Å². The number of aliphatic hydroxyl groups excluding tert-OH is 4. The maximum atomic E-state index is 14.3. The number of hydrogen-bond acceptors (Lipinski definition) is 6. The fourth-order valence-electron chi connectivity index (χ4n) is 3.45. The van der Waals surface area contributed by atoms with Crippen LogP contribution in [0.15, 0.2) is 30.3 Å². The smallest absolute Gasteiger partial charge is 0.162 e. The number of benzene rings is 2. The van der Waals surface area contributed by atoms with E-state index in [4.69, 9.17) is 4.74 Å². The van der Waals surface area contributed by atoms with Crippen LogP contribution in [-0.4, -0.2) is 51.4 Å². The molecular weight excluding hydrogens is 384 g/mol. The van der Waals surface area contributed by atoms with Crippen molar-refractivity contribution >= 4 is 0 Å². The zero-order chi connectivity index (χ0) is 21.3. The molecule has 4 N–H and O–H groups in total. The van der Waals surface area contributed by atoms with Crippen LogP contribution in [0.25, 0.3) is 0 Å². The van der Waals surface area contributed by atoms with E-state index < -0.39 is 48.8 Å². The van der Waals surface area contributed by atoms with Crippen LogP contribution in [0.1, 0.15) is 33.9 Å². The molecule has 0 bridgehead atoms. The third-order valence-corrected chi connectivity index (χ3v) is 5.21. The third-order valence-electron chi connectivity index (χ3n) is 5.21. The van der Waals surface area contributed by atoms with E-state index in [0.29, 0.717) is 11.1 Å². The van der Waals surface area contributed by atoms with Crippen molar-refractivity contribution in [2.24, 2.45) is 0 Å². The number of halogens is 2. The summed E-state index contributed by atoms with van der Waals surface area (Å²) in [6.07, 6.45) is -6.76. The molecule has 0 amide bonds. The minimum Gasteiger partial charge on any atom is -0.394 e. The quantitative estimate of drug-likeness (QED) is 0.609. The van der Waals surface area contributed by atoms with Crippen LogP contribution in [0.2, 0.25) is 0 Å². The van der Waals surface area contributed by atoms with E-state index in [1.54, 1.807) is 0 Å². The Morgan fingerprint density at radius 2 is 1.72 bits per heavy atom. The topological polar surface area (TPSA) is 114 Å². The molecule has 29 heavy (non-hydrogen) atoms. The molecule has 0 aromatic heterocycles. The van der Waals surface area contributed by atoms with Gasteiger partial charge in [0, 0.05) is 6.42 Å². The van der Waals surface area contributed by atoms with Crippen molar-refractivity contribution in [1.29, 1.82) is 5.26 Å². The molecule has 5 atom stereocenters. The lowest BCUT2D eigenvalue weighted by Crippen LogP contribution is -2.55. The summed E-state index contributed by atoms with van der Waals surface area (Å²) < 4.78 is 33.7. The number of nitrogens with zero attached hydrogens (tertiary/aromatic N) is 1. The number of rotatable bonds is 4. The lowest BCUT2D eigenvalue weighted by molar-refractivity contribution is -0.231. The maximum absolute atomic E-state index is 14.3. The van der Waals surface area contributed by atoms with Crippen molar-refractivity contribution in [3.8, 4) is 6.07 Å². The van der Waals surface area contributed by atoms with Crippen LogP contribution in [0.5, 0.6) is 0 Å². The van der Waals surface area contributed by atoms with Crippen molar-refractivity contribution in [2.75, 3.05) is 6.61 Å². The van der Waals surface area contributed by atoms with Crippen LogP contribution in [0.4, 0.5) is 8.78 Å². The van der Waals surface area contributed by atoms with Crippen LogP contribution >= 0.6 is 0 Å². The standard InChI is InChI=1S/C21H21F2NO5/c1-10-2-3-11(17(23)16(10)22)6-14-7-12(4-5-13(14)8-24)21-20(28)19(27)18(26)15(9-25)29-21/h2-5,7,15,18-21,25-28H,6,9H2,1H3/t15-,18-,19+,20-,21+/m1/s1. The monoisotopic (exact) mass is 405 g/mol. The van der Waals surface area contributed by atoms with Crippen LogP contribution in [0.3, 0.4) is 0 Å². The van der Waals surface area contributed by atoms with E-state index in [0.717, 1.165) is 0 Å². The van der Waals surface area contributed by atoms with Gasteiger partial charge in [0.1, 0.15) is 30.5 Å². The first kappa shape index (κ1) is 21.3. The van der Waals surface area contributed by atoms with Gasteiger partial charge in [-0.1, -0.05) is 24.3 Å². The molecule has 3 rings (SSSR count). The lowest BCUT2D eigenvalue weighted by atomic mass is 9.89. The Balaban J connectivity index is 1.97. The van der Waals surface area contributed by atoms with Crippen molar-refractivity contribution in [3.63, 3.8) is 0 Å². The van der Waals surface area contributed by atoms with Crippen molar-refractivity contribution in [1.82, 2.24) is 0 Å². The molecule has 1 saturated heterocycles. The van der Waals surface area contributed by atoms with Gasteiger partial charge in [0.2, 0.25) is 0 Å². The molecule has 1 aliphatic rings. The zero-order valence-electron chi connectivity index (χ0n) is 15.6. The molecule has 1 fully saturated rings. The summed E-state index contributed by atoms with van der Waals surface area (Å²) in [5.41, 5.74) is 1.21. The molecule has 0 aliphatic carbocycles. The van der Waals surface area contributed by atoms with Gasteiger partial charge in [0.15, 0.2) is 11.6 Å². The van der Waals surface area contributed by atoms with Crippen molar-refractivity contribution < 1.29 is 33.9 Å². The summed E-state index contributed by atoms with van der Waals surface area (Å²) >= 11 is 0. The van der Waals surface area contributed by atoms with Gasteiger partial charge in [-0.3, -0.25) is 0 Å². The largest absolute Gasteiger partial charge is 0.394 e.